The fourth-order valence-corrected chi connectivity index (χ4v) is 3.13. The second-order valence-electron chi connectivity index (χ2n) is 4.17. The van der Waals surface area contributed by atoms with Crippen molar-refractivity contribution in [3.63, 3.8) is 0 Å². The molecule has 1 aromatic carbocycles. The second-order valence-corrected chi connectivity index (χ2v) is 5.59. The van der Waals surface area contributed by atoms with Crippen molar-refractivity contribution in [2.24, 2.45) is 0 Å². The highest BCUT2D eigenvalue weighted by atomic mass is 35.5. The zero-order valence-corrected chi connectivity index (χ0v) is 10.9. The summed E-state index contributed by atoms with van der Waals surface area (Å²) in [6.45, 7) is 0. The Hall–Kier alpha value is -1.36. The van der Waals surface area contributed by atoms with E-state index >= 15 is 0 Å². The van der Waals surface area contributed by atoms with Crippen molar-refractivity contribution in [3.8, 4) is 0 Å². The van der Waals surface area contributed by atoms with E-state index in [1.165, 1.54) is 11.3 Å². The summed E-state index contributed by atoms with van der Waals surface area (Å²) in [5.74, 6) is -0.0631. The summed E-state index contributed by atoms with van der Waals surface area (Å²) in [6.07, 6.45) is -0.434. The van der Waals surface area contributed by atoms with Crippen LogP contribution in [-0.2, 0) is 11.2 Å². The molecule has 18 heavy (non-hydrogen) atoms. The Balaban J connectivity index is 2.10. The molecule has 2 heterocycles. The molecular weight excluding hydrogens is 270 g/mol. The predicted molar refractivity (Wildman–Crippen MR) is 72.2 cm³/mol. The van der Waals surface area contributed by atoms with Crippen LogP contribution in [0.5, 0.6) is 0 Å². The quantitative estimate of drug-likeness (QED) is 0.888. The fourth-order valence-electron chi connectivity index (χ4n) is 2.15. The van der Waals surface area contributed by atoms with E-state index in [9.17, 15) is 9.90 Å². The van der Waals surface area contributed by atoms with Gasteiger partial charge in [-0.1, -0.05) is 17.7 Å². The number of hydrogen-bond acceptors (Lipinski definition) is 3. The van der Waals surface area contributed by atoms with Gasteiger partial charge in [0.2, 0.25) is 5.91 Å². The molecule has 0 fully saturated rings. The first kappa shape index (κ1) is 11.7. The van der Waals surface area contributed by atoms with Gasteiger partial charge in [-0.2, -0.15) is 0 Å². The molecule has 0 spiro atoms. The minimum Gasteiger partial charge on any atom is -0.383 e. The molecule has 0 saturated heterocycles. The Kier molecular flexibility index (Phi) is 2.86. The monoisotopic (exact) mass is 279 g/mol. The van der Waals surface area contributed by atoms with Gasteiger partial charge in [0.05, 0.1) is 12.1 Å². The molecule has 0 saturated carbocycles. The van der Waals surface area contributed by atoms with Crippen LogP contribution in [0.1, 0.15) is 22.1 Å². The fraction of sp³-hybridized carbons (Fsp3) is 0.154. The van der Waals surface area contributed by atoms with E-state index in [0.717, 1.165) is 10.4 Å². The third kappa shape index (κ3) is 1.92. The maximum atomic E-state index is 11.4. The minimum atomic E-state index is -0.754. The number of amides is 1. The minimum absolute atomic E-state index is 0.0631. The first-order valence-corrected chi connectivity index (χ1v) is 6.74. The van der Waals surface area contributed by atoms with Crippen LogP contribution in [0.15, 0.2) is 29.6 Å². The standard InChI is InChI=1S/C13H10ClNO2S/c14-8-4-7-5-11(16)15-12(7)9(6-8)13(17)10-2-1-3-18-10/h1-4,6,13,17H,5H2,(H,15,16). The average molecular weight is 280 g/mol. The molecule has 1 aromatic heterocycles. The van der Waals surface area contributed by atoms with E-state index in [-0.39, 0.29) is 5.91 Å². The van der Waals surface area contributed by atoms with Gasteiger partial charge in [-0.15, -0.1) is 11.3 Å². The van der Waals surface area contributed by atoms with Crippen LogP contribution < -0.4 is 5.32 Å². The zero-order valence-electron chi connectivity index (χ0n) is 9.31. The van der Waals surface area contributed by atoms with Crippen LogP contribution in [0.4, 0.5) is 5.69 Å². The van der Waals surface area contributed by atoms with Gasteiger partial charge in [0, 0.05) is 15.5 Å². The average Bonchev–Trinajstić information content (AvgIpc) is 2.94. The summed E-state index contributed by atoms with van der Waals surface area (Å²) >= 11 is 7.51. The van der Waals surface area contributed by atoms with E-state index in [0.29, 0.717) is 22.7 Å². The van der Waals surface area contributed by atoms with Gasteiger partial charge in [0.15, 0.2) is 0 Å². The first-order valence-electron chi connectivity index (χ1n) is 5.49. The van der Waals surface area contributed by atoms with Crippen LogP contribution in [0.25, 0.3) is 0 Å². The summed E-state index contributed by atoms with van der Waals surface area (Å²) in [5.41, 5.74) is 2.20. The van der Waals surface area contributed by atoms with Gasteiger partial charge < -0.3 is 10.4 Å². The highest BCUT2D eigenvalue weighted by molar-refractivity contribution is 7.10. The molecule has 1 aliphatic rings. The number of anilines is 1. The second kappa shape index (κ2) is 4.39. The molecule has 92 valence electrons. The van der Waals surface area contributed by atoms with E-state index in [2.05, 4.69) is 5.32 Å². The largest absolute Gasteiger partial charge is 0.383 e. The van der Waals surface area contributed by atoms with Gasteiger partial charge in [-0.25, -0.2) is 0 Å². The summed E-state index contributed by atoms with van der Waals surface area (Å²) in [5, 5.41) is 15.6. The predicted octanol–water partition coefficient (Wildman–Crippen LogP) is 2.98. The van der Waals surface area contributed by atoms with Crippen molar-refractivity contribution in [2.45, 2.75) is 12.5 Å². The van der Waals surface area contributed by atoms with Gasteiger partial charge >= 0.3 is 0 Å². The number of benzene rings is 1. The molecule has 2 aromatic rings. The Morgan fingerprint density at radius 3 is 3.00 bits per heavy atom. The molecule has 5 heteroatoms. The molecule has 1 atom stereocenters. The number of carbonyl (C=O) groups is 1. The van der Waals surface area contributed by atoms with E-state index < -0.39 is 6.10 Å². The lowest BCUT2D eigenvalue weighted by molar-refractivity contribution is -0.115. The molecule has 3 rings (SSSR count). The maximum Gasteiger partial charge on any atom is 0.228 e. The van der Waals surface area contributed by atoms with Gasteiger partial charge in [-0.05, 0) is 29.1 Å². The number of carbonyl (C=O) groups excluding carboxylic acids is 1. The molecule has 0 aliphatic carbocycles. The van der Waals surface area contributed by atoms with E-state index in [4.69, 9.17) is 11.6 Å². The lowest BCUT2D eigenvalue weighted by Gasteiger charge is -2.14. The Morgan fingerprint density at radius 2 is 2.28 bits per heavy atom. The lowest BCUT2D eigenvalue weighted by Crippen LogP contribution is -2.07. The zero-order chi connectivity index (χ0) is 12.7. The van der Waals surface area contributed by atoms with Crippen LogP contribution in [0.2, 0.25) is 5.02 Å². The Morgan fingerprint density at radius 1 is 1.44 bits per heavy atom. The van der Waals surface area contributed by atoms with Crippen molar-refractivity contribution in [2.75, 3.05) is 5.32 Å². The molecule has 0 bridgehead atoms. The smallest absolute Gasteiger partial charge is 0.228 e. The molecule has 3 nitrogen and oxygen atoms in total. The molecular formula is C13H10ClNO2S. The number of rotatable bonds is 2. The van der Waals surface area contributed by atoms with Crippen LogP contribution in [0.3, 0.4) is 0 Å². The molecule has 0 radical (unpaired) electrons. The topological polar surface area (TPSA) is 49.3 Å². The molecule has 1 unspecified atom stereocenters. The Labute approximate surface area is 113 Å². The maximum absolute atomic E-state index is 11.4. The van der Waals surface area contributed by atoms with Crippen LogP contribution in [-0.4, -0.2) is 11.0 Å². The van der Waals surface area contributed by atoms with Crippen LogP contribution in [0, 0.1) is 0 Å². The summed E-state index contributed by atoms with van der Waals surface area (Å²) in [4.78, 5) is 12.3. The van der Waals surface area contributed by atoms with Crippen molar-refractivity contribution in [3.05, 3.63) is 50.7 Å². The summed E-state index contributed by atoms with van der Waals surface area (Å²) in [7, 11) is 0. The van der Waals surface area contributed by atoms with Crippen molar-refractivity contribution in [1.82, 2.24) is 0 Å². The lowest BCUT2D eigenvalue weighted by atomic mass is 10.0. The third-order valence-corrected chi connectivity index (χ3v) is 4.08. The number of aliphatic hydroxyl groups excluding tert-OH is 1. The van der Waals surface area contributed by atoms with Crippen LogP contribution >= 0.6 is 22.9 Å². The number of hydrogen-bond donors (Lipinski definition) is 2. The third-order valence-electron chi connectivity index (χ3n) is 2.94. The number of fused-ring (bicyclic) bond motifs is 1. The Bertz CT molecular complexity index is 610. The normalized spacial score (nSPS) is 15.3. The van der Waals surface area contributed by atoms with E-state index in [1.807, 2.05) is 17.5 Å². The number of aliphatic hydroxyl groups is 1. The highest BCUT2D eigenvalue weighted by Crippen LogP contribution is 2.37. The van der Waals surface area contributed by atoms with Crippen molar-refractivity contribution < 1.29 is 9.90 Å². The molecule has 1 amide bonds. The van der Waals surface area contributed by atoms with Gasteiger partial charge in [0.25, 0.3) is 0 Å². The SMILES string of the molecule is O=C1Cc2cc(Cl)cc(C(O)c3cccs3)c2N1. The number of nitrogens with one attached hydrogen (secondary N) is 1. The van der Waals surface area contributed by atoms with Gasteiger partial charge in [0.1, 0.15) is 6.10 Å². The summed E-state index contributed by atoms with van der Waals surface area (Å²) < 4.78 is 0. The summed E-state index contributed by atoms with van der Waals surface area (Å²) in [6, 6.07) is 7.21. The van der Waals surface area contributed by atoms with E-state index in [1.54, 1.807) is 12.1 Å². The van der Waals surface area contributed by atoms with Crippen molar-refractivity contribution >= 4 is 34.5 Å². The van der Waals surface area contributed by atoms with Crippen molar-refractivity contribution in [1.29, 1.82) is 0 Å². The van der Waals surface area contributed by atoms with Gasteiger partial charge in [-0.3, -0.25) is 4.79 Å². The molecule has 1 aliphatic heterocycles. The molecule has 2 N–H and O–H groups in total. The highest BCUT2D eigenvalue weighted by Gasteiger charge is 2.25. The number of halogens is 1. The first-order chi connectivity index (χ1) is 8.65. The number of thiophene rings is 1.